The van der Waals surface area contributed by atoms with Crippen molar-refractivity contribution in [3.05, 3.63) is 88.3 Å². The Morgan fingerprint density at radius 1 is 1.00 bits per heavy atom. The molecule has 8 heteroatoms. The lowest BCUT2D eigenvalue weighted by molar-refractivity contribution is -0.110. The molecule has 30 heavy (non-hydrogen) atoms. The van der Waals surface area contributed by atoms with Crippen LogP contribution in [0.5, 0.6) is 0 Å². The lowest BCUT2D eigenvalue weighted by Crippen LogP contribution is -2.29. The normalized spacial score (nSPS) is 11.1. The zero-order valence-corrected chi connectivity index (χ0v) is 17.6. The summed E-state index contributed by atoms with van der Waals surface area (Å²) in [5, 5.41) is 6.57. The van der Waals surface area contributed by atoms with E-state index in [4.69, 9.17) is 4.42 Å². The van der Waals surface area contributed by atoms with Crippen LogP contribution in [0.1, 0.15) is 32.9 Å². The number of nitrogens with zero attached hydrogens (tertiary/aromatic N) is 1. The van der Waals surface area contributed by atoms with Crippen LogP contribution in [0.2, 0.25) is 0 Å². The van der Waals surface area contributed by atoms with E-state index in [-0.39, 0.29) is 23.7 Å². The van der Waals surface area contributed by atoms with Gasteiger partial charge in [0.15, 0.2) is 11.5 Å². The summed E-state index contributed by atoms with van der Waals surface area (Å²) in [6.45, 7) is 1.91. The summed E-state index contributed by atoms with van der Waals surface area (Å²) in [7, 11) is 0. The molecule has 152 valence electrons. The van der Waals surface area contributed by atoms with Crippen molar-refractivity contribution in [2.45, 2.75) is 13.3 Å². The molecule has 2 amide bonds. The fourth-order valence-electron chi connectivity index (χ4n) is 2.48. The maximum Gasteiger partial charge on any atom is 0.307 e. The van der Waals surface area contributed by atoms with Gasteiger partial charge in [-0.2, -0.15) is 5.10 Å². The van der Waals surface area contributed by atoms with E-state index in [0.717, 1.165) is 10.0 Å². The topological polar surface area (TPSA) is 101 Å². The summed E-state index contributed by atoms with van der Waals surface area (Å²) in [6.07, 6.45) is 1.06. The molecule has 0 aliphatic rings. The number of carbonyl (C=O) groups excluding carboxylic acids is 3. The molecule has 0 saturated heterocycles. The predicted octanol–water partition coefficient (Wildman–Crippen LogP) is 4.35. The number of benzene rings is 2. The van der Waals surface area contributed by atoms with Crippen molar-refractivity contribution in [3.8, 4) is 0 Å². The van der Waals surface area contributed by atoms with Crippen LogP contribution in [0.25, 0.3) is 0 Å². The molecule has 0 fully saturated rings. The summed E-state index contributed by atoms with van der Waals surface area (Å²) in [5.41, 5.74) is 4.11. The molecule has 2 aromatic carbocycles. The summed E-state index contributed by atoms with van der Waals surface area (Å²) in [6, 6.07) is 16.9. The Morgan fingerprint density at radius 3 is 2.33 bits per heavy atom. The first-order valence-electron chi connectivity index (χ1n) is 8.99. The van der Waals surface area contributed by atoms with E-state index in [9.17, 15) is 14.4 Å². The molecule has 7 nitrogen and oxygen atoms in total. The van der Waals surface area contributed by atoms with Crippen LogP contribution >= 0.6 is 15.9 Å². The Kier molecular flexibility index (Phi) is 6.92. The van der Waals surface area contributed by atoms with Crippen LogP contribution < -0.4 is 10.7 Å². The summed E-state index contributed by atoms with van der Waals surface area (Å²) in [4.78, 5) is 37.5. The number of ketones is 1. The molecule has 0 aliphatic heterocycles. The first-order valence-corrected chi connectivity index (χ1v) is 9.79. The molecule has 0 spiro atoms. The number of anilines is 1. The highest BCUT2D eigenvalue weighted by Gasteiger charge is 2.19. The van der Waals surface area contributed by atoms with Gasteiger partial charge in [0.25, 0.3) is 5.91 Å². The number of hydrogen-bond donors (Lipinski definition) is 2. The highest BCUT2D eigenvalue weighted by atomic mass is 79.9. The molecular formula is C22H18BrN3O4. The molecule has 1 heterocycles. The molecule has 0 aliphatic carbocycles. The number of halogens is 1. The van der Waals surface area contributed by atoms with Crippen LogP contribution in [-0.2, 0) is 4.79 Å². The molecule has 3 rings (SSSR count). The van der Waals surface area contributed by atoms with Gasteiger partial charge in [0.05, 0.1) is 12.7 Å². The van der Waals surface area contributed by atoms with Crippen LogP contribution in [0.15, 0.2) is 80.9 Å². The fraction of sp³-hybridized carbons (Fsp3) is 0.0909. The maximum absolute atomic E-state index is 12.7. The minimum atomic E-state index is -0.628. The number of aryl methyl sites for hydroxylation is 1. The molecule has 1 aromatic heterocycles. The van der Waals surface area contributed by atoms with Gasteiger partial charge in [0.2, 0.25) is 0 Å². The SMILES string of the molecule is Cc1ccc(C(=O)CC(=NNC(=O)c2ccco2)C(=O)Nc2ccc(Br)cc2)cc1. The van der Waals surface area contributed by atoms with E-state index in [2.05, 4.69) is 31.8 Å². The van der Waals surface area contributed by atoms with Gasteiger partial charge in [0.1, 0.15) is 5.71 Å². The van der Waals surface area contributed by atoms with E-state index in [1.54, 1.807) is 42.5 Å². The quantitative estimate of drug-likeness (QED) is 0.306. The second-order valence-corrected chi connectivity index (χ2v) is 7.32. The first-order chi connectivity index (χ1) is 14.4. The first kappa shape index (κ1) is 21.2. The van der Waals surface area contributed by atoms with E-state index in [0.29, 0.717) is 11.3 Å². The summed E-state index contributed by atoms with van der Waals surface area (Å²) < 4.78 is 5.86. The summed E-state index contributed by atoms with van der Waals surface area (Å²) in [5.74, 6) is -1.49. The van der Waals surface area contributed by atoms with Gasteiger partial charge in [-0.25, -0.2) is 5.43 Å². The predicted molar refractivity (Wildman–Crippen MR) is 117 cm³/mol. The van der Waals surface area contributed by atoms with Gasteiger partial charge in [-0.05, 0) is 43.3 Å². The van der Waals surface area contributed by atoms with Crippen molar-refractivity contribution in [1.82, 2.24) is 5.43 Å². The Balaban J connectivity index is 1.79. The number of carbonyl (C=O) groups is 3. The number of Topliss-reactive ketones (excluding diaryl/α,β-unsaturated/α-hetero) is 1. The number of furan rings is 1. The molecule has 0 bridgehead atoms. The van der Waals surface area contributed by atoms with Crippen LogP contribution in [0, 0.1) is 6.92 Å². The lowest BCUT2D eigenvalue weighted by atomic mass is 10.0. The maximum atomic E-state index is 12.7. The average molecular weight is 468 g/mol. The average Bonchev–Trinajstić information content (AvgIpc) is 3.28. The Hall–Kier alpha value is -3.52. The number of amides is 2. The molecule has 3 aromatic rings. The molecular weight excluding hydrogens is 450 g/mol. The van der Waals surface area contributed by atoms with Crippen LogP contribution in [-0.4, -0.2) is 23.3 Å². The van der Waals surface area contributed by atoms with Crippen molar-refractivity contribution in [1.29, 1.82) is 0 Å². The molecule has 0 atom stereocenters. The second-order valence-electron chi connectivity index (χ2n) is 6.40. The van der Waals surface area contributed by atoms with Gasteiger partial charge >= 0.3 is 5.91 Å². The van der Waals surface area contributed by atoms with E-state index in [1.807, 2.05) is 19.1 Å². The number of rotatable bonds is 7. The third-order valence-corrected chi connectivity index (χ3v) is 4.63. The highest BCUT2D eigenvalue weighted by Crippen LogP contribution is 2.15. The highest BCUT2D eigenvalue weighted by molar-refractivity contribution is 9.10. The van der Waals surface area contributed by atoms with Crippen molar-refractivity contribution >= 4 is 44.9 Å². The van der Waals surface area contributed by atoms with Gasteiger partial charge in [-0.3, -0.25) is 14.4 Å². The van der Waals surface area contributed by atoms with Crippen molar-refractivity contribution in [2.75, 3.05) is 5.32 Å². The Bertz CT molecular complexity index is 1070. The fourth-order valence-corrected chi connectivity index (χ4v) is 2.75. The van der Waals surface area contributed by atoms with E-state index < -0.39 is 11.8 Å². The van der Waals surface area contributed by atoms with Crippen molar-refractivity contribution < 1.29 is 18.8 Å². The second kappa shape index (κ2) is 9.80. The van der Waals surface area contributed by atoms with Gasteiger partial charge in [-0.15, -0.1) is 0 Å². The molecule has 0 unspecified atom stereocenters. The minimum absolute atomic E-state index is 0.0382. The van der Waals surface area contributed by atoms with E-state index in [1.165, 1.54) is 12.3 Å². The van der Waals surface area contributed by atoms with Crippen molar-refractivity contribution in [3.63, 3.8) is 0 Å². The zero-order valence-electron chi connectivity index (χ0n) is 16.0. The molecule has 0 radical (unpaired) electrons. The standard InChI is InChI=1S/C22H18BrN3O4/c1-14-4-6-15(7-5-14)19(27)13-18(25-26-22(29)20-3-2-12-30-20)21(28)24-17-10-8-16(23)9-11-17/h2-12H,13H2,1H3,(H,24,28)(H,26,29). The smallest absolute Gasteiger partial charge is 0.307 e. The van der Waals surface area contributed by atoms with Crippen molar-refractivity contribution in [2.24, 2.45) is 5.10 Å². The Labute approximate surface area is 181 Å². The van der Waals surface area contributed by atoms with E-state index >= 15 is 0 Å². The number of nitrogens with one attached hydrogen (secondary N) is 2. The Morgan fingerprint density at radius 2 is 1.70 bits per heavy atom. The summed E-state index contributed by atoms with van der Waals surface area (Å²) >= 11 is 3.33. The third kappa shape index (κ3) is 5.74. The molecule has 2 N–H and O–H groups in total. The van der Waals surface area contributed by atoms with Gasteiger partial charge < -0.3 is 9.73 Å². The zero-order chi connectivity index (χ0) is 21.5. The number of hydrogen-bond acceptors (Lipinski definition) is 5. The molecule has 0 saturated carbocycles. The monoisotopic (exact) mass is 467 g/mol. The minimum Gasteiger partial charge on any atom is -0.459 e. The largest absolute Gasteiger partial charge is 0.459 e. The lowest BCUT2D eigenvalue weighted by Gasteiger charge is -2.09. The van der Waals surface area contributed by atoms with Gasteiger partial charge in [-0.1, -0.05) is 45.8 Å². The van der Waals surface area contributed by atoms with Gasteiger partial charge in [0, 0.05) is 15.7 Å². The van der Waals surface area contributed by atoms with Crippen LogP contribution in [0.4, 0.5) is 5.69 Å². The third-order valence-electron chi connectivity index (χ3n) is 4.10. The number of hydrazone groups is 1. The van der Waals surface area contributed by atoms with Crippen LogP contribution in [0.3, 0.4) is 0 Å².